The van der Waals surface area contributed by atoms with Gasteiger partial charge in [-0.2, -0.15) is 0 Å². The molecule has 1 aliphatic heterocycles. The Morgan fingerprint density at radius 1 is 1.17 bits per heavy atom. The Morgan fingerprint density at radius 2 is 1.94 bits per heavy atom. The molecule has 0 saturated carbocycles. The Labute approximate surface area is 212 Å². The topological polar surface area (TPSA) is 115 Å². The SMILES string of the molecule is CNCC(O)COc1cccc(-c2nc(NC(C)C3CCOCC3)c(C)c(-c3c(C)noc3C)n2)c1. The zero-order chi connectivity index (χ0) is 25.7. The monoisotopic (exact) mass is 495 g/mol. The van der Waals surface area contributed by atoms with E-state index in [-0.39, 0.29) is 12.6 Å². The Kier molecular flexibility index (Phi) is 8.56. The van der Waals surface area contributed by atoms with Gasteiger partial charge in [0.05, 0.1) is 17.0 Å². The van der Waals surface area contributed by atoms with Crippen LogP contribution in [0.15, 0.2) is 28.8 Å². The number of hydrogen-bond acceptors (Lipinski definition) is 9. The van der Waals surface area contributed by atoms with Crippen molar-refractivity contribution in [1.82, 2.24) is 20.4 Å². The lowest BCUT2D eigenvalue weighted by Crippen LogP contribution is -2.31. The lowest BCUT2D eigenvalue weighted by molar-refractivity contribution is 0.0622. The summed E-state index contributed by atoms with van der Waals surface area (Å²) in [6.45, 7) is 10.3. The Bertz CT molecular complexity index is 1140. The van der Waals surface area contributed by atoms with Crippen molar-refractivity contribution in [2.45, 2.75) is 52.7 Å². The molecule has 3 aromatic rings. The summed E-state index contributed by atoms with van der Waals surface area (Å²) in [6, 6.07) is 7.87. The van der Waals surface area contributed by atoms with Gasteiger partial charge in [-0.15, -0.1) is 0 Å². The van der Waals surface area contributed by atoms with E-state index in [9.17, 15) is 5.11 Å². The number of nitrogens with one attached hydrogen (secondary N) is 2. The predicted octanol–water partition coefficient (Wildman–Crippen LogP) is 3.91. The van der Waals surface area contributed by atoms with Crippen LogP contribution in [0.4, 0.5) is 5.82 Å². The average molecular weight is 496 g/mol. The van der Waals surface area contributed by atoms with E-state index < -0.39 is 6.10 Å². The van der Waals surface area contributed by atoms with Crippen LogP contribution in [-0.2, 0) is 4.74 Å². The summed E-state index contributed by atoms with van der Waals surface area (Å²) in [7, 11) is 1.80. The van der Waals surface area contributed by atoms with Crippen LogP contribution >= 0.6 is 0 Å². The van der Waals surface area contributed by atoms with Crippen LogP contribution in [0.25, 0.3) is 22.6 Å². The van der Waals surface area contributed by atoms with Crippen LogP contribution in [-0.4, -0.2) is 65.8 Å². The predicted molar refractivity (Wildman–Crippen MR) is 139 cm³/mol. The number of anilines is 1. The smallest absolute Gasteiger partial charge is 0.162 e. The second-order valence-corrected chi connectivity index (χ2v) is 9.50. The molecule has 0 amide bonds. The lowest BCUT2D eigenvalue weighted by Gasteiger charge is -2.29. The van der Waals surface area contributed by atoms with Crippen LogP contribution in [0.3, 0.4) is 0 Å². The molecule has 0 bridgehead atoms. The Balaban J connectivity index is 1.70. The van der Waals surface area contributed by atoms with Crippen molar-refractivity contribution in [3.63, 3.8) is 0 Å². The van der Waals surface area contributed by atoms with Gasteiger partial charge in [-0.25, -0.2) is 9.97 Å². The van der Waals surface area contributed by atoms with Crippen molar-refractivity contribution in [2.24, 2.45) is 5.92 Å². The third kappa shape index (κ3) is 6.03. The summed E-state index contributed by atoms with van der Waals surface area (Å²) in [5, 5.41) is 20.8. The highest BCUT2D eigenvalue weighted by atomic mass is 16.5. The minimum absolute atomic E-state index is 0.193. The average Bonchev–Trinajstić information content (AvgIpc) is 3.22. The fourth-order valence-corrected chi connectivity index (χ4v) is 4.61. The number of hydrogen-bond donors (Lipinski definition) is 3. The molecule has 0 radical (unpaired) electrons. The van der Waals surface area contributed by atoms with Crippen LogP contribution in [0, 0.1) is 26.7 Å². The summed E-state index contributed by atoms with van der Waals surface area (Å²) in [4.78, 5) is 9.92. The van der Waals surface area contributed by atoms with Crippen molar-refractivity contribution in [1.29, 1.82) is 0 Å². The highest BCUT2D eigenvalue weighted by Gasteiger charge is 2.24. The number of aliphatic hydroxyl groups excluding tert-OH is 1. The van der Waals surface area contributed by atoms with E-state index in [4.69, 9.17) is 24.0 Å². The van der Waals surface area contributed by atoms with Gasteiger partial charge in [0.1, 0.15) is 30.0 Å². The van der Waals surface area contributed by atoms with E-state index in [0.717, 1.165) is 65.7 Å². The second-order valence-electron chi connectivity index (χ2n) is 9.50. The number of aryl methyl sites for hydroxylation is 2. The molecule has 3 N–H and O–H groups in total. The number of aromatic nitrogens is 3. The molecule has 1 aliphatic rings. The fraction of sp³-hybridized carbons (Fsp3) is 0.519. The van der Waals surface area contributed by atoms with Crippen molar-refractivity contribution in [2.75, 3.05) is 38.7 Å². The van der Waals surface area contributed by atoms with Crippen LogP contribution in [0.5, 0.6) is 5.75 Å². The van der Waals surface area contributed by atoms with Crippen molar-refractivity contribution in [3.8, 4) is 28.4 Å². The lowest BCUT2D eigenvalue weighted by atomic mass is 9.92. The molecule has 4 rings (SSSR count). The van der Waals surface area contributed by atoms with E-state index in [1.165, 1.54) is 0 Å². The van der Waals surface area contributed by atoms with E-state index in [1.54, 1.807) is 7.05 Å². The fourth-order valence-electron chi connectivity index (χ4n) is 4.61. The summed E-state index contributed by atoms with van der Waals surface area (Å²) in [5.41, 5.74) is 4.26. The zero-order valence-corrected chi connectivity index (χ0v) is 21.8. The molecule has 2 aromatic heterocycles. The van der Waals surface area contributed by atoms with Gasteiger partial charge in [-0.3, -0.25) is 0 Å². The first kappa shape index (κ1) is 26.1. The maximum atomic E-state index is 10.0. The van der Waals surface area contributed by atoms with Gasteiger partial charge in [-0.05, 0) is 65.6 Å². The van der Waals surface area contributed by atoms with E-state index in [0.29, 0.717) is 24.0 Å². The summed E-state index contributed by atoms with van der Waals surface area (Å²) in [5.74, 6) is 3.26. The molecule has 1 saturated heterocycles. The molecule has 3 heterocycles. The Hall–Kier alpha value is -3.01. The maximum absolute atomic E-state index is 10.0. The number of nitrogens with zero attached hydrogens (tertiary/aromatic N) is 3. The van der Waals surface area contributed by atoms with Gasteiger partial charge in [-0.1, -0.05) is 17.3 Å². The Morgan fingerprint density at radius 3 is 2.64 bits per heavy atom. The standard InChI is InChI=1S/C27H37N5O4/c1-16-25(24-18(3)32-36-19(24)4)30-27(31-26(16)29-17(2)20-9-11-34-12-10-20)21-7-6-8-23(13-21)35-15-22(33)14-28-5/h6-8,13,17,20,22,28,33H,9-12,14-15H2,1-5H3,(H,29,30,31). The highest BCUT2D eigenvalue weighted by molar-refractivity contribution is 5.74. The molecule has 0 spiro atoms. The number of likely N-dealkylation sites (N-methyl/N-ethyl adjacent to an activating group) is 1. The summed E-state index contributed by atoms with van der Waals surface area (Å²) < 4.78 is 16.8. The first-order valence-electron chi connectivity index (χ1n) is 12.6. The summed E-state index contributed by atoms with van der Waals surface area (Å²) >= 11 is 0. The molecular formula is C27H37N5O4. The zero-order valence-electron chi connectivity index (χ0n) is 21.8. The van der Waals surface area contributed by atoms with E-state index in [1.807, 2.05) is 45.0 Å². The highest BCUT2D eigenvalue weighted by Crippen LogP contribution is 2.34. The molecule has 2 atom stereocenters. The number of aliphatic hydroxyl groups is 1. The second kappa shape index (κ2) is 11.8. The minimum Gasteiger partial charge on any atom is -0.491 e. The maximum Gasteiger partial charge on any atom is 0.162 e. The van der Waals surface area contributed by atoms with Gasteiger partial charge in [0, 0.05) is 36.9 Å². The van der Waals surface area contributed by atoms with Crippen molar-refractivity contribution >= 4 is 5.82 Å². The molecule has 1 aromatic carbocycles. The van der Waals surface area contributed by atoms with Gasteiger partial charge in [0.25, 0.3) is 0 Å². The normalized spacial score (nSPS) is 16.1. The van der Waals surface area contributed by atoms with E-state index in [2.05, 4.69) is 22.7 Å². The van der Waals surface area contributed by atoms with Crippen molar-refractivity contribution in [3.05, 3.63) is 41.3 Å². The molecular weight excluding hydrogens is 458 g/mol. The quantitative estimate of drug-likeness (QED) is 0.385. The van der Waals surface area contributed by atoms with Gasteiger partial charge in [0.2, 0.25) is 0 Å². The van der Waals surface area contributed by atoms with Crippen LogP contribution in [0.1, 0.15) is 36.8 Å². The largest absolute Gasteiger partial charge is 0.491 e. The first-order valence-corrected chi connectivity index (χ1v) is 12.6. The van der Waals surface area contributed by atoms with Crippen molar-refractivity contribution < 1.29 is 19.1 Å². The van der Waals surface area contributed by atoms with E-state index >= 15 is 0 Å². The molecule has 9 heteroatoms. The third-order valence-electron chi connectivity index (χ3n) is 6.73. The number of rotatable bonds is 10. The minimum atomic E-state index is -0.595. The third-order valence-corrected chi connectivity index (χ3v) is 6.73. The molecule has 36 heavy (non-hydrogen) atoms. The molecule has 0 aliphatic carbocycles. The number of ether oxygens (including phenoxy) is 2. The molecule has 2 unspecified atom stereocenters. The summed E-state index contributed by atoms with van der Waals surface area (Å²) in [6.07, 6.45) is 1.46. The van der Waals surface area contributed by atoms with Gasteiger partial charge in [0.15, 0.2) is 5.82 Å². The van der Waals surface area contributed by atoms with Gasteiger partial charge >= 0.3 is 0 Å². The number of benzene rings is 1. The first-order chi connectivity index (χ1) is 17.4. The molecule has 194 valence electrons. The molecule has 1 fully saturated rings. The van der Waals surface area contributed by atoms with Crippen LogP contribution < -0.4 is 15.4 Å². The van der Waals surface area contributed by atoms with Crippen LogP contribution in [0.2, 0.25) is 0 Å². The molecule has 9 nitrogen and oxygen atoms in total. The van der Waals surface area contributed by atoms with Gasteiger partial charge < -0.3 is 29.7 Å².